The topological polar surface area (TPSA) is 101 Å². The first-order valence-corrected chi connectivity index (χ1v) is 10.8. The first-order valence-electron chi connectivity index (χ1n) is 10.8. The number of benzene rings is 1. The van der Waals surface area contributed by atoms with Crippen molar-refractivity contribution in [1.29, 1.82) is 0 Å². The summed E-state index contributed by atoms with van der Waals surface area (Å²) in [5.74, 6) is 0.200. The molecule has 1 fully saturated rings. The molecule has 0 aliphatic carbocycles. The summed E-state index contributed by atoms with van der Waals surface area (Å²) in [6.07, 6.45) is 3.53. The first-order chi connectivity index (χ1) is 15.4. The molecule has 1 aliphatic heterocycles. The molecule has 3 aromatic rings. The average molecular weight is 434 g/mol. The maximum Gasteiger partial charge on any atom is 0.249 e. The van der Waals surface area contributed by atoms with Gasteiger partial charge in [-0.2, -0.15) is 4.98 Å². The van der Waals surface area contributed by atoms with Crippen molar-refractivity contribution in [2.75, 3.05) is 6.54 Å². The van der Waals surface area contributed by atoms with E-state index in [0.29, 0.717) is 24.8 Å². The van der Waals surface area contributed by atoms with Crippen molar-refractivity contribution in [3.63, 3.8) is 0 Å². The van der Waals surface area contributed by atoms with Crippen LogP contribution >= 0.6 is 0 Å². The van der Waals surface area contributed by atoms with E-state index in [2.05, 4.69) is 20.4 Å². The zero-order valence-corrected chi connectivity index (χ0v) is 18.5. The van der Waals surface area contributed by atoms with Gasteiger partial charge in [0.1, 0.15) is 6.04 Å². The number of aryl methyl sites for hydroxylation is 1. The number of hydrogen-bond acceptors (Lipinski definition) is 6. The molecule has 8 nitrogen and oxygen atoms in total. The zero-order chi connectivity index (χ0) is 22.7. The Morgan fingerprint density at radius 1 is 1.25 bits per heavy atom. The third-order valence-corrected chi connectivity index (χ3v) is 5.67. The predicted molar refractivity (Wildman–Crippen MR) is 118 cm³/mol. The number of aromatic nitrogens is 3. The fourth-order valence-electron chi connectivity index (χ4n) is 3.77. The lowest BCUT2D eigenvalue weighted by molar-refractivity contribution is -0.129. The number of rotatable bonds is 7. The minimum Gasteiger partial charge on any atom is -0.344 e. The summed E-state index contributed by atoms with van der Waals surface area (Å²) in [7, 11) is 0. The van der Waals surface area contributed by atoms with Crippen LogP contribution in [-0.2, 0) is 16.1 Å². The minimum absolute atomic E-state index is 0.0107. The van der Waals surface area contributed by atoms with E-state index in [-0.39, 0.29) is 24.2 Å². The van der Waals surface area contributed by atoms with Crippen LogP contribution in [0.3, 0.4) is 0 Å². The molecule has 1 aromatic carbocycles. The van der Waals surface area contributed by atoms with Gasteiger partial charge in [0.25, 0.3) is 0 Å². The summed E-state index contributed by atoms with van der Waals surface area (Å²) in [5.41, 5.74) is 2.97. The van der Waals surface area contributed by atoms with E-state index < -0.39 is 12.0 Å². The van der Waals surface area contributed by atoms with Crippen molar-refractivity contribution in [1.82, 2.24) is 25.3 Å². The van der Waals surface area contributed by atoms with Crippen molar-refractivity contribution in [3.05, 3.63) is 65.8 Å². The Kier molecular flexibility index (Phi) is 6.30. The van der Waals surface area contributed by atoms with Crippen LogP contribution in [-0.4, -0.2) is 38.4 Å². The van der Waals surface area contributed by atoms with Crippen molar-refractivity contribution in [3.8, 4) is 11.4 Å². The lowest BCUT2D eigenvalue weighted by Crippen LogP contribution is -2.37. The number of pyridine rings is 1. The summed E-state index contributed by atoms with van der Waals surface area (Å²) in [6.45, 7) is 6.88. The third kappa shape index (κ3) is 4.85. The maximum atomic E-state index is 13.0. The lowest BCUT2D eigenvalue weighted by Gasteiger charge is -2.21. The van der Waals surface area contributed by atoms with E-state index in [9.17, 15) is 9.59 Å². The number of likely N-dealkylation sites (tertiary alicyclic amines) is 1. The monoisotopic (exact) mass is 433 g/mol. The van der Waals surface area contributed by atoms with Gasteiger partial charge in [0.2, 0.25) is 23.5 Å². The Morgan fingerprint density at radius 2 is 2.03 bits per heavy atom. The van der Waals surface area contributed by atoms with E-state index in [4.69, 9.17) is 4.52 Å². The number of hydrogen-bond donors (Lipinski definition) is 1. The quantitative estimate of drug-likeness (QED) is 0.613. The molecule has 0 bridgehead atoms. The van der Waals surface area contributed by atoms with Gasteiger partial charge in [-0.1, -0.05) is 48.8 Å². The Morgan fingerprint density at radius 3 is 2.72 bits per heavy atom. The Labute approximate surface area is 187 Å². The maximum absolute atomic E-state index is 13.0. The highest BCUT2D eigenvalue weighted by Gasteiger charge is 2.36. The fourth-order valence-corrected chi connectivity index (χ4v) is 3.77. The van der Waals surface area contributed by atoms with Gasteiger partial charge in [-0.3, -0.25) is 14.6 Å². The highest BCUT2D eigenvalue weighted by atomic mass is 16.5. The Hall–Kier alpha value is -3.55. The molecule has 0 radical (unpaired) electrons. The highest BCUT2D eigenvalue weighted by Crippen LogP contribution is 2.26. The van der Waals surface area contributed by atoms with Crippen LogP contribution in [0.15, 0.2) is 53.3 Å². The SMILES string of the molecule is Cc1ccc(CN2CC(C(=O)NC(c3nc(-c4cccnc4)no3)C(C)C)CC2=O)cc1. The summed E-state index contributed by atoms with van der Waals surface area (Å²) in [6, 6.07) is 11.3. The fraction of sp³-hybridized carbons (Fsp3) is 0.375. The second-order valence-electron chi connectivity index (χ2n) is 8.59. The summed E-state index contributed by atoms with van der Waals surface area (Å²) in [5, 5.41) is 7.05. The molecule has 2 aromatic heterocycles. The molecule has 2 atom stereocenters. The molecule has 4 rings (SSSR count). The first kappa shape index (κ1) is 21.7. The van der Waals surface area contributed by atoms with E-state index in [1.54, 1.807) is 23.4 Å². The van der Waals surface area contributed by atoms with Gasteiger partial charge in [-0.15, -0.1) is 0 Å². The minimum atomic E-state index is -0.443. The lowest BCUT2D eigenvalue weighted by atomic mass is 10.0. The molecule has 32 heavy (non-hydrogen) atoms. The van der Waals surface area contributed by atoms with Gasteiger partial charge in [0.05, 0.1) is 5.92 Å². The van der Waals surface area contributed by atoms with Gasteiger partial charge in [-0.05, 0) is 30.5 Å². The van der Waals surface area contributed by atoms with Gasteiger partial charge in [-0.25, -0.2) is 0 Å². The summed E-state index contributed by atoms with van der Waals surface area (Å²) in [4.78, 5) is 35.8. The summed E-state index contributed by atoms with van der Waals surface area (Å²) >= 11 is 0. The van der Waals surface area contributed by atoms with Crippen LogP contribution < -0.4 is 5.32 Å². The van der Waals surface area contributed by atoms with Crippen molar-refractivity contribution >= 4 is 11.8 Å². The van der Waals surface area contributed by atoms with E-state index >= 15 is 0 Å². The number of amides is 2. The van der Waals surface area contributed by atoms with Crippen molar-refractivity contribution in [2.24, 2.45) is 11.8 Å². The highest BCUT2D eigenvalue weighted by molar-refractivity contribution is 5.89. The Bertz CT molecular complexity index is 1080. The molecular formula is C24H27N5O3. The third-order valence-electron chi connectivity index (χ3n) is 5.67. The largest absolute Gasteiger partial charge is 0.344 e. The molecule has 3 heterocycles. The predicted octanol–water partition coefficient (Wildman–Crippen LogP) is 3.30. The van der Waals surface area contributed by atoms with Crippen LogP contribution in [0.2, 0.25) is 0 Å². The molecule has 0 spiro atoms. The molecule has 0 saturated carbocycles. The number of nitrogens with one attached hydrogen (secondary N) is 1. The van der Waals surface area contributed by atoms with E-state index in [0.717, 1.165) is 11.1 Å². The van der Waals surface area contributed by atoms with Crippen molar-refractivity contribution in [2.45, 2.75) is 39.8 Å². The van der Waals surface area contributed by atoms with Gasteiger partial charge < -0.3 is 14.7 Å². The van der Waals surface area contributed by atoms with E-state index in [1.165, 1.54) is 5.56 Å². The zero-order valence-electron chi connectivity index (χ0n) is 18.5. The smallest absolute Gasteiger partial charge is 0.249 e. The second-order valence-corrected chi connectivity index (χ2v) is 8.59. The number of carbonyl (C=O) groups is 2. The van der Waals surface area contributed by atoms with Gasteiger partial charge in [0, 0.05) is 37.5 Å². The number of nitrogens with zero attached hydrogens (tertiary/aromatic N) is 4. The molecule has 2 amide bonds. The number of carbonyl (C=O) groups excluding carboxylic acids is 2. The molecular weight excluding hydrogens is 406 g/mol. The molecule has 8 heteroatoms. The molecule has 1 N–H and O–H groups in total. The molecule has 2 unspecified atom stereocenters. The van der Waals surface area contributed by atoms with Crippen LogP contribution in [0.4, 0.5) is 0 Å². The summed E-state index contributed by atoms with van der Waals surface area (Å²) < 4.78 is 5.46. The van der Waals surface area contributed by atoms with E-state index in [1.807, 2.05) is 51.1 Å². The van der Waals surface area contributed by atoms with Gasteiger partial charge >= 0.3 is 0 Å². The van der Waals surface area contributed by atoms with Gasteiger partial charge in [0.15, 0.2) is 0 Å². The molecule has 166 valence electrons. The molecule has 1 aliphatic rings. The normalized spacial score (nSPS) is 17.1. The molecule has 1 saturated heterocycles. The van der Waals surface area contributed by atoms with Crippen LogP contribution in [0.5, 0.6) is 0 Å². The van der Waals surface area contributed by atoms with Crippen molar-refractivity contribution < 1.29 is 14.1 Å². The van der Waals surface area contributed by atoms with Crippen LogP contribution in [0.1, 0.15) is 43.3 Å². The van der Waals surface area contributed by atoms with Crippen LogP contribution in [0.25, 0.3) is 11.4 Å². The average Bonchev–Trinajstić information content (AvgIpc) is 3.41. The Balaban J connectivity index is 1.42. The second kappa shape index (κ2) is 9.30. The standard InChI is InChI=1S/C24H27N5O3/c1-15(2)21(24-27-22(28-32-24)18-5-4-10-25-12-18)26-23(31)19-11-20(30)29(14-19)13-17-8-6-16(3)7-9-17/h4-10,12,15,19,21H,11,13-14H2,1-3H3,(H,26,31). The van der Waals surface area contributed by atoms with Crippen LogP contribution in [0, 0.1) is 18.8 Å².